The van der Waals surface area contributed by atoms with Gasteiger partial charge in [0.25, 0.3) is 10.0 Å². The lowest BCUT2D eigenvalue weighted by Gasteiger charge is -2.13. The minimum atomic E-state index is -3.94. The second kappa shape index (κ2) is 6.43. The molecule has 0 saturated heterocycles. The van der Waals surface area contributed by atoms with Crippen molar-refractivity contribution in [2.75, 3.05) is 11.0 Å². The third-order valence-corrected chi connectivity index (χ3v) is 6.52. The number of anilines is 1. The average Bonchev–Trinajstić information content (AvgIpc) is 2.39. The summed E-state index contributed by atoms with van der Waals surface area (Å²) in [7, 11) is -7.39. The highest BCUT2D eigenvalue weighted by Gasteiger charge is 2.20. The van der Waals surface area contributed by atoms with Gasteiger partial charge in [-0.25, -0.2) is 16.8 Å². The van der Waals surface area contributed by atoms with Gasteiger partial charge in [-0.2, -0.15) is 0 Å². The van der Waals surface area contributed by atoms with E-state index < -0.39 is 19.9 Å². The van der Waals surface area contributed by atoms with Crippen molar-refractivity contribution in [1.82, 2.24) is 0 Å². The Morgan fingerprint density at radius 1 is 1.04 bits per heavy atom. The highest BCUT2D eigenvalue weighted by Crippen LogP contribution is 2.28. The van der Waals surface area contributed by atoms with Crippen LogP contribution in [-0.2, 0) is 19.9 Å². The van der Waals surface area contributed by atoms with E-state index in [4.69, 9.17) is 11.6 Å². The van der Waals surface area contributed by atoms with Gasteiger partial charge in [0.05, 0.1) is 15.6 Å². The Labute approximate surface area is 148 Å². The molecule has 23 heavy (non-hydrogen) atoms. The fourth-order valence-electron chi connectivity index (χ4n) is 1.83. The number of aryl methyl sites for hydroxylation is 1. The van der Waals surface area contributed by atoms with E-state index in [0.29, 0.717) is 10.0 Å². The van der Waals surface area contributed by atoms with Crippen LogP contribution in [0.4, 0.5) is 5.69 Å². The molecular formula is C14H13BrClNO4S2. The second-order valence-electron chi connectivity index (χ2n) is 4.93. The smallest absolute Gasteiger partial charge is 0.263 e. The van der Waals surface area contributed by atoms with Crippen molar-refractivity contribution in [3.05, 3.63) is 51.5 Å². The van der Waals surface area contributed by atoms with Crippen molar-refractivity contribution in [2.24, 2.45) is 0 Å². The van der Waals surface area contributed by atoms with Gasteiger partial charge in [-0.3, -0.25) is 4.72 Å². The molecule has 1 N–H and O–H groups in total. The van der Waals surface area contributed by atoms with Crippen LogP contribution in [0.5, 0.6) is 0 Å². The summed E-state index contributed by atoms with van der Waals surface area (Å²) in [4.78, 5) is -0.0609. The minimum absolute atomic E-state index is 0.0303. The zero-order chi connectivity index (χ0) is 17.4. The van der Waals surface area contributed by atoms with Gasteiger partial charge < -0.3 is 0 Å². The molecule has 0 aliphatic heterocycles. The maximum atomic E-state index is 12.5. The topological polar surface area (TPSA) is 80.3 Å². The van der Waals surface area contributed by atoms with Crippen molar-refractivity contribution in [2.45, 2.75) is 16.7 Å². The van der Waals surface area contributed by atoms with Crippen LogP contribution in [0.3, 0.4) is 0 Å². The molecule has 0 fully saturated rings. The average molecular weight is 439 g/mol. The molecule has 0 aliphatic rings. The molecule has 0 bridgehead atoms. The second-order valence-corrected chi connectivity index (χ2v) is 9.92. The molecule has 5 nitrogen and oxygen atoms in total. The monoisotopic (exact) mass is 437 g/mol. The fourth-order valence-corrected chi connectivity index (χ4v) is 4.64. The van der Waals surface area contributed by atoms with E-state index in [-0.39, 0.29) is 20.5 Å². The molecule has 0 radical (unpaired) electrons. The molecule has 0 heterocycles. The highest BCUT2D eigenvalue weighted by atomic mass is 79.9. The lowest BCUT2D eigenvalue weighted by atomic mass is 10.2. The largest absolute Gasteiger partial charge is 0.279 e. The number of hydrogen-bond acceptors (Lipinski definition) is 4. The summed E-state index contributed by atoms with van der Waals surface area (Å²) in [5, 5.41) is 0.0591. The molecule has 0 aromatic heterocycles. The van der Waals surface area contributed by atoms with Gasteiger partial charge in [-0.05, 0) is 42.8 Å². The number of nitrogens with one attached hydrogen (secondary N) is 1. The van der Waals surface area contributed by atoms with Crippen molar-refractivity contribution in [1.29, 1.82) is 0 Å². The van der Waals surface area contributed by atoms with Crippen LogP contribution in [0.25, 0.3) is 0 Å². The molecule has 9 heteroatoms. The third-order valence-electron chi connectivity index (χ3n) is 3.06. The quantitative estimate of drug-likeness (QED) is 0.790. The van der Waals surface area contributed by atoms with Crippen LogP contribution in [0.2, 0.25) is 5.02 Å². The molecule has 0 saturated carbocycles. The highest BCUT2D eigenvalue weighted by molar-refractivity contribution is 9.10. The molecule has 0 aliphatic carbocycles. The van der Waals surface area contributed by atoms with Crippen molar-refractivity contribution >= 4 is 53.1 Å². The van der Waals surface area contributed by atoms with Crippen LogP contribution in [-0.4, -0.2) is 23.1 Å². The van der Waals surface area contributed by atoms with Crippen LogP contribution in [0, 0.1) is 6.92 Å². The number of hydrogen-bond donors (Lipinski definition) is 1. The molecule has 0 unspecified atom stereocenters. The Bertz CT molecular complexity index is 972. The van der Waals surface area contributed by atoms with Crippen molar-refractivity contribution < 1.29 is 16.8 Å². The van der Waals surface area contributed by atoms with E-state index in [1.165, 1.54) is 30.3 Å². The van der Waals surface area contributed by atoms with E-state index in [1.807, 2.05) is 0 Å². The Morgan fingerprint density at radius 3 is 2.26 bits per heavy atom. The molecule has 2 rings (SSSR count). The Hall–Kier alpha value is -1.09. The van der Waals surface area contributed by atoms with E-state index in [9.17, 15) is 16.8 Å². The van der Waals surface area contributed by atoms with Crippen LogP contribution in [0.1, 0.15) is 5.56 Å². The zero-order valence-electron chi connectivity index (χ0n) is 12.2. The Balaban J connectivity index is 2.49. The normalized spacial score (nSPS) is 12.2. The number of rotatable bonds is 4. The summed E-state index contributed by atoms with van der Waals surface area (Å²) >= 11 is 9.19. The van der Waals surface area contributed by atoms with Crippen LogP contribution < -0.4 is 4.72 Å². The lowest BCUT2D eigenvalue weighted by molar-refractivity contribution is 0.599. The van der Waals surface area contributed by atoms with E-state index >= 15 is 0 Å². The summed E-state index contributed by atoms with van der Waals surface area (Å²) in [6.07, 6.45) is 1.06. The number of sulfone groups is 1. The van der Waals surface area contributed by atoms with Crippen LogP contribution in [0.15, 0.2) is 50.7 Å². The van der Waals surface area contributed by atoms with Gasteiger partial charge in [0.15, 0.2) is 9.84 Å². The predicted octanol–water partition coefficient (Wildman–Crippen LogP) is 3.62. The standard InChI is InChI=1S/C14H13BrClNO4S2/c1-9-3-5-11(22(2,18)19)8-13(9)17-23(20,21)14-6-4-10(15)7-12(14)16/h3-8,17H,1-2H3. The molecular weight excluding hydrogens is 426 g/mol. The van der Waals surface area contributed by atoms with E-state index in [2.05, 4.69) is 20.7 Å². The Kier molecular flexibility index (Phi) is 5.10. The van der Waals surface area contributed by atoms with Gasteiger partial charge in [0.1, 0.15) is 4.90 Å². The molecule has 2 aromatic carbocycles. The first-order valence-electron chi connectivity index (χ1n) is 6.29. The van der Waals surface area contributed by atoms with Gasteiger partial charge >= 0.3 is 0 Å². The van der Waals surface area contributed by atoms with Gasteiger partial charge in [0, 0.05) is 10.7 Å². The van der Waals surface area contributed by atoms with Crippen molar-refractivity contribution in [3.8, 4) is 0 Å². The fraction of sp³-hybridized carbons (Fsp3) is 0.143. The molecule has 0 spiro atoms. The number of benzene rings is 2. The molecule has 124 valence electrons. The first kappa shape index (κ1) is 18.3. The number of sulfonamides is 1. The van der Waals surface area contributed by atoms with Gasteiger partial charge in [0.2, 0.25) is 0 Å². The number of halogens is 2. The maximum absolute atomic E-state index is 12.5. The third kappa shape index (κ3) is 4.26. The zero-order valence-corrected chi connectivity index (χ0v) is 16.1. The van der Waals surface area contributed by atoms with Gasteiger partial charge in [-0.15, -0.1) is 0 Å². The maximum Gasteiger partial charge on any atom is 0.263 e. The summed E-state index contributed by atoms with van der Waals surface area (Å²) in [6.45, 7) is 1.67. The summed E-state index contributed by atoms with van der Waals surface area (Å²) < 4.78 is 51.2. The summed E-state index contributed by atoms with van der Waals surface area (Å²) in [6, 6.07) is 8.64. The van der Waals surface area contributed by atoms with Gasteiger partial charge in [-0.1, -0.05) is 33.6 Å². The Morgan fingerprint density at radius 2 is 1.70 bits per heavy atom. The minimum Gasteiger partial charge on any atom is -0.279 e. The molecule has 0 amide bonds. The summed E-state index contributed by atoms with van der Waals surface area (Å²) in [5.41, 5.74) is 0.779. The van der Waals surface area contributed by atoms with Crippen LogP contribution >= 0.6 is 27.5 Å². The molecule has 2 aromatic rings. The first-order chi connectivity index (χ1) is 10.5. The van der Waals surface area contributed by atoms with Crippen molar-refractivity contribution in [3.63, 3.8) is 0 Å². The lowest BCUT2D eigenvalue weighted by Crippen LogP contribution is -2.14. The SMILES string of the molecule is Cc1ccc(S(C)(=O)=O)cc1NS(=O)(=O)c1ccc(Br)cc1Cl. The van der Waals surface area contributed by atoms with E-state index in [1.54, 1.807) is 13.0 Å². The molecule has 0 atom stereocenters. The van der Waals surface area contributed by atoms with E-state index in [0.717, 1.165) is 6.26 Å². The summed E-state index contributed by atoms with van der Waals surface area (Å²) in [5.74, 6) is 0. The predicted molar refractivity (Wildman–Crippen MR) is 94.2 cm³/mol. The first-order valence-corrected chi connectivity index (χ1v) is 10.8.